The van der Waals surface area contributed by atoms with Crippen molar-refractivity contribution in [1.29, 1.82) is 0 Å². The van der Waals surface area contributed by atoms with E-state index >= 15 is 0 Å². The number of benzene rings is 1. The van der Waals surface area contributed by atoms with Crippen molar-refractivity contribution in [2.24, 2.45) is 11.8 Å². The van der Waals surface area contributed by atoms with Crippen LogP contribution in [-0.2, 0) is 16.0 Å². The molecule has 2 aliphatic rings. The zero-order valence-corrected chi connectivity index (χ0v) is 14.0. The number of ether oxygens (including phenoxy) is 2. The first-order valence-corrected chi connectivity index (χ1v) is 7.91. The minimum absolute atomic E-state index is 0.0237. The van der Waals surface area contributed by atoms with Gasteiger partial charge >= 0.3 is 0 Å². The van der Waals surface area contributed by atoms with Gasteiger partial charge in [-0.15, -0.1) is 0 Å². The van der Waals surface area contributed by atoms with Gasteiger partial charge in [0.05, 0.1) is 26.1 Å². The number of Topliss-reactive ketones (excluding diaryl/α,β-unsaturated/α-hetero) is 2. The Morgan fingerprint density at radius 1 is 0.958 bits per heavy atom. The number of carbonyl (C=O) groups is 2. The average Bonchev–Trinajstić information content (AvgIpc) is 2.63. The van der Waals surface area contributed by atoms with Crippen molar-refractivity contribution in [2.45, 2.75) is 13.3 Å². The van der Waals surface area contributed by atoms with E-state index < -0.39 is 0 Å². The Morgan fingerprint density at radius 3 is 2.25 bits per heavy atom. The number of allylic oxidation sites excluding steroid dienone is 6. The van der Waals surface area contributed by atoms with Crippen LogP contribution in [0.15, 0.2) is 53.6 Å². The van der Waals surface area contributed by atoms with E-state index in [1.807, 2.05) is 36.4 Å². The smallest absolute Gasteiger partial charge is 0.167 e. The summed E-state index contributed by atoms with van der Waals surface area (Å²) in [4.78, 5) is 25.5. The zero-order chi connectivity index (χ0) is 17.3. The highest BCUT2D eigenvalue weighted by atomic mass is 16.5. The number of carbonyl (C=O) groups excluding carboxylic acids is 2. The predicted molar refractivity (Wildman–Crippen MR) is 91.2 cm³/mol. The Morgan fingerprint density at radius 2 is 1.62 bits per heavy atom. The second kappa shape index (κ2) is 6.48. The lowest BCUT2D eigenvalue weighted by molar-refractivity contribution is -0.127. The summed E-state index contributed by atoms with van der Waals surface area (Å²) in [6, 6.07) is 5.49. The summed E-state index contributed by atoms with van der Waals surface area (Å²) in [6.07, 6.45) is 7.68. The summed E-state index contributed by atoms with van der Waals surface area (Å²) in [5.74, 6) is 0.650. The molecule has 24 heavy (non-hydrogen) atoms. The summed E-state index contributed by atoms with van der Waals surface area (Å²) in [6.45, 7) is 1.74. The Bertz CT molecular complexity index is 783. The Balaban J connectivity index is 1.98. The molecule has 3 rings (SSSR count). The fourth-order valence-corrected chi connectivity index (χ4v) is 3.30. The van der Waals surface area contributed by atoms with Crippen molar-refractivity contribution < 1.29 is 19.1 Å². The minimum atomic E-state index is -0.384. The maximum atomic E-state index is 12.9. The topological polar surface area (TPSA) is 52.6 Å². The maximum Gasteiger partial charge on any atom is 0.167 e. The van der Waals surface area contributed by atoms with E-state index in [-0.39, 0.29) is 23.4 Å². The summed E-state index contributed by atoms with van der Waals surface area (Å²) < 4.78 is 10.6. The molecule has 2 unspecified atom stereocenters. The van der Waals surface area contributed by atoms with Gasteiger partial charge in [0.2, 0.25) is 0 Å². The molecule has 0 fully saturated rings. The van der Waals surface area contributed by atoms with Crippen LogP contribution in [0.4, 0.5) is 0 Å². The largest absolute Gasteiger partial charge is 0.497 e. The van der Waals surface area contributed by atoms with Gasteiger partial charge in [0.1, 0.15) is 11.5 Å². The Labute approximate surface area is 141 Å². The zero-order valence-electron chi connectivity index (χ0n) is 14.0. The van der Waals surface area contributed by atoms with Gasteiger partial charge in [0.25, 0.3) is 0 Å². The number of fused-ring (bicyclic) bond motifs is 1. The normalized spacial score (nSPS) is 22.6. The van der Waals surface area contributed by atoms with Gasteiger partial charge in [-0.05, 0) is 24.1 Å². The number of methoxy groups -OCH3 is 2. The van der Waals surface area contributed by atoms with E-state index in [1.165, 1.54) is 0 Å². The first-order valence-electron chi connectivity index (χ1n) is 7.91. The van der Waals surface area contributed by atoms with Crippen LogP contribution in [0.2, 0.25) is 0 Å². The van der Waals surface area contributed by atoms with Crippen molar-refractivity contribution >= 4 is 11.6 Å². The lowest BCUT2D eigenvalue weighted by atomic mass is 9.71. The van der Waals surface area contributed by atoms with Crippen LogP contribution < -0.4 is 9.47 Å². The lowest BCUT2D eigenvalue weighted by Crippen LogP contribution is -2.36. The van der Waals surface area contributed by atoms with Gasteiger partial charge in [-0.3, -0.25) is 9.59 Å². The van der Waals surface area contributed by atoms with Crippen LogP contribution in [0.5, 0.6) is 11.5 Å². The first-order chi connectivity index (χ1) is 11.6. The van der Waals surface area contributed by atoms with E-state index in [0.29, 0.717) is 29.1 Å². The first kappa shape index (κ1) is 16.2. The summed E-state index contributed by atoms with van der Waals surface area (Å²) in [5, 5.41) is 0. The third-order valence-electron chi connectivity index (χ3n) is 4.72. The van der Waals surface area contributed by atoms with Crippen LogP contribution in [-0.4, -0.2) is 25.8 Å². The highest BCUT2D eigenvalue weighted by molar-refractivity contribution is 6.15. The molecule has 0 saturated carbocycles. The Hall–Kier alpha value is -2.62. The molecule has 1 aromatic rings. The monoisotopic (exact) mass is 324 g/mol. The maximum absolute atomic E-state index is 12.9. The third-order valence-corrected chi connectivity index (χ3v) is 4.72. The lowest BCUT2D eigenvalue weighted by Gasteiger charge is -2.29. The van der Waals surface area contributed by atoms with Crippen molar-refractivity contribution in [1.82, 2.24) is 0 Å². The molecule has 0 radical (unpaired) electrons. The molecule has 124 valence electrons. The molecule has 2 aliphatic carbocycles. The van der Waals surface area contributed by atoms with E-state index in [9.17, 15) is 9.59 Å². The van der Waals surface area contributed by atoms with Gasteiger partial charge in [-0.2, -0.15) is 0 Å². The Kier molecular flexibility index (Phi) is 4.38. The molecule has 0 heterocycles. The molecule has 4 nitrogen and oxygen atoms in total. The van der Waals surface area contributed by atoms with Gasteiger partial charge in [-0.1, -0.05) is 30.4 Å². The molecule has 0 spiro atoms. The third kappa shape index (κ3) is 2.68. The van der Waals surface area contributed by atoms with Crippen LogP contribution in [0.25, 0.3) is 0 Å². The standard InChI is InChI=1S/C20H20O4/c1-12-17(10-13-8-9-14(23-2)11-18(13)24-3)20(22)16-7-5-4-6-15(16)19(12)21/h4-9,11,15-16H,10H2,1-3H3. The highest BCUT2D eigenvalue weighted by Crippen LogP contribution is 2.36. The molecule has 0 aliphatic heterocycles. The second-order valence-corrected chi connectivity index (χ2v) is 6.01. The predicted octanol–water partition coefficient (Wildman–Crippen LogP) is 3.07. The summed E-state index contributed by atoms with van der Waals surface area (Å²) in [7, 11) is 3.17. The molecule has 0 amide bonds. The van der Waals surface area contributed by atoms with Gasteiger partial charge in [0.15, 0.2) is 11.6 Å². The second-order valence-electron chi connectivity index (χ2n) is 6.01. The van der Waals surface area contributed by atoms with Gasteiger partial charge in [-0.25, -0.2) is 0 Å². The van der Waals surface area contributed by atoms with Crippen molar-refractivity contribution in [3.63, 3.8) is 0 Å². The molecular weight excluding hydrogens is 304 g/mol. The SMILES string of the molecule is COc1ccc(CC2=C(C)C(=O)C3C=CC=CC3C2=O)c(OC)c1. The molecule has 2 atom stereocenters. The van der Waals surface area contributed by atoms with Gasteiger partial charge in [0, 0.05) is 18.1 Å². The van der Waals surface area contributed by atoms with Crippen molar-refractivity contribution in [2.75, 3.05) is 14.2 Å². The summed E-state index contributed by atoms with van der Waals surface area (Å²) >= 11 is 0. The minimum Gasteiger partial charge on any atom is -0.497 e. The van der Waals surface area contributed by atoms with E-state index in [4.69, 9.17) is 9.47 Å². The molecule has 1 aromatic carbocycles. The number of ketones is 2. The fourth-order valence-electron chi connectivity index (χ4n) is 3.30. The highest BCUT2D eigenvalue weighted by Gasteiger charge is 2.39. The number of hydrogen-bond donors (Lipinski definition) is 0. The summed E-state index contributed by atoms with van der Waals surface area (Å²) in [5.41, 5.74) is 1.99. The van der Waals surface area contributed by atoms with E-state index in [0.717, 1.165) is 5.56 Å². The molecule has 0 N–H and O–H groups in total. The van der Waals surface area contributed by atoms with Crippen LogP contribution in [0, 0.1) is 11.8 Å². The molecule has 0 bridgehead atoms. The van der Waals surface area contributed by atoms with E-state index in [2.05, 4.69) is 0 Å². The molecular formula is C20H20O4. The quantitative estimate of drug-likeness (QED) is 0.854. The number of rotatable bonds is 4. The van der Waals surface area contributed by atoms with Crippen LogP contribution in [0.1, 0.15) is 12.5 Å². The molecule has 4 heteroatoms. The van der Waals surface area contributed by atoms with Crippen LogP contribution >= 0.6 is 0 Å². The average molecular weight is 324 g/mol. The van der Waals surface area contributed by atoms with Gasteiger partial charge < -0.3 is 9.47 Å². The van der Waals surface area contributed by atoms with Crippen molar-refractivity contribution in [3.8, 4) is 11.5 Å². The fraction of sp³-hybridized carbons (Fsp3) is 0.300. The van der Waals surface area contributed by atoms with E-state index in [1.54, 1.807) is 27.2 Å². The number of hydrogen-bond acceptors (Lipinski definition) is 4. The molecule has 0 aromatic heterocycles. The molecule has 0 saturated heterocycles. The van der Waals surface area contributed by atoms with Crippen LogP contribution in [0.3, 0.4) is 0 Å². The van der Waals surface area contributed by atoms with Crippen molar-refractivity contribution in [3.05, 3.63) is 59.2 Å².